The van der Waals surface area contributed by atoms with Crippen LogP contribution in [-0.4, -0.2) is 129 Å². The smallest absolute Gasteiger partial charge is 0.314 e. The Hall–Kier alpha value is -1.46. The number of aliphatic hydroxyl groups is 6. The standard InChI is InChI=1S/C33H56O14/c1-18-14-12-10-8-6-4-3-5-7-9-11-13-15-20-23(19(2)30(40)43-20)31(41)46-28-26(38)24(36)22(17-35)45-33(28)47-29-27(39)25(37)21(16-34)44-32(29)42-18/h18-29,32-39H,3-17H2,1-2H3. The molecule has 4 saturated heterocycles. The van der Waals surface area contributed by atoms with Gasteiger partial charge in [-0.25, -0.2) is 0 Å². The summed E-state index contributed by atoms with van der Waals surface area (Å²) in [5.74, 6) is -3.20. The zero-order valence-electron chi connectivity index (χ0n) is 27.6. The lowest BCUT2D eigenvalue weighted by atomic mass is 9.89. The van der Waals surface area contributed by atoms with E-state index in [1.807, 2.05) is 6.92 Å². The van der Waals surface area contributed by atoms with E-state index in [9.17, 15) is 40.2 Å². The molecule has 4 aliphatic heterocycles. The van der Waals surface area contributed by atoms with Crippen LogP contribution < -0.4 is 0 Å². The Morgan fingerprint density at radius 2 is 1.02 bits per heavy atom. The molecule has 0 aromatic heterocycles. The van der Waals surface area contributed by atoms with Crippen molar-refractivity contribution in [1.82, 2.24) is 0 Å². The SMILES string of the molecule is CC1CCCCCCCCCCCCCC2OC(=O)C(C)C2C(=O)OC2C(OC(CO)C(O)C2O)OC2C(O1)OC(CO)C(O)C2O. The number of ether oxygens (including phenoxy) is 6. The number of rotatable bonds is 2. The Morgan fingerprint density at radius 1 is 0.553 bits per heavy atom. The van der Waals surface area contributed by atoms with Crippen LogP contribution in [0, 0.1) is 11.8 Å². The fraction of sp³-hybridized carbons (Fsp3) is 0.939. The second-order valence-electron chi connectivity index (χ2n) is 13.6. The van der Waals surface area contributed by atoms with Gasteiger partial charge in [0.1, 0.15) is 54.7 Å². The van der Waals surface area contributed by atoms with Crippen LogP contribution in [-0.2, 0) is 38.0 Å². The maximum absolute atomic E-state index is 13.7. The van der Waals surface area contributed by atoms with Gasteiger partial charge in [-0.1, -0.05) is 71.1 Å². The first-order valence-electron chi connectivity index (χ1n) is 17.5. The zero-order chi connectivity index (χ0) is 34.1. The predicted octanol–water partition coefficient (Wildman–Crippen LogP) is 0.829. The highest BCUT2D eigenvalue weighted by Crippen LogP contribution is 2.36. The van der Waals surface area contributed by atoms with Crippen molar-refractivity contribution in [2.24, 2.45) is 11.8 Å². The molecule has 14 unspecified atom stereocenters. The molecule has 0 spiro atoms. The lowest BCUT2D eigenvalue weighted by molar-refractivity contribution is -0.371. The van der Waals surface area contributed by atoms with E-state index in [-0.39, 0.29) is 6.10 Å². The van der Waals surface area contributed by atoms with Crippen molar-refractivity contribution in [3.63, 3.8) is 0 Å². The molecule has 0 aromatic carbocycles. The Balaban J connectivity index is 1.59. The minimum absolute atomic E-state index is 0.366. The average molecular weight is 677 g/mol. The van der Waals surface area contributed by atoms with Crippen molar-refractivity contribution in [2.45, 2.75) is 171 Å². The molecule has 0 saturated carbocycles. The van der Waals surface area contributed by atoms with Crippen LogP contribution in [0.3, 0.4) is 0 Å². The van der Waals surface area contributed by atoms with Crippen molar-refractivity contribution < 1.29 is 68.6 Å². The van der Waals surface area contributed by atoms with Gasteiger partial charge in [0, 0.05) is 0 Å². The van der Waals surface area contributed by atoms with Gasteiger partial charge in [-0.2, -0.15) is 0 Å². The molecule has 4 rings (SSSR count). The van der Waals surface area contributed by atoms with Crippen molar-refractivity contribution in [1.29, 1.82) is 0 Å². The van der Waals surface area contributed by atoms with Gasteiger partial charge < -0.3 is 59.1 Å². The molecule has 6 N–H and O–H groups in total. The van der Waals surface area contributed by atoms with Crippen molar-refractivity contribution in [2.75, 3.05) is 13.2 Å². The third kappa shape index (κ3) is 9.83. The number of hydrogen-bond donors (Lipinski definition) is 6. The normalized spacial score (nSPS) is 44.2. The first-order valence-corrected chi connectivity index (χ1v) is 17.5. The summed E-state index contributed by atoms with van der Waals surface area (Å²) >= 11 is 0. The topological polar surface area (TPSA) is 211 Å². The Labute approximate surface area is 276 Å². The van der Waals surface area contributed by atoms with Gasteiger partial charge >= 0.3 is 11.9 Å². The monoisotopic (exact) mass is 676 g/mol. The van der Waals surface area contributed by atoms with E-state index in [0.29, 0.717) is 12.8 Å². The Bertz CT molecular complexity index is 968. The van der Waals surface area contributed by atoms with Crippen LogP contribution in [0.1, 0.15) is 97.3 Å². The fourth-order valence-electron chi connectivity index (χ4n) is 7.03. The molecule has 47 heavy (non-hydrogen) atoms. The lowest BCUT2D eigenvalue weighted by Gasteiger charge is -2.47. The molecule has 272 valence electrons. The highest BCUT2D eigenvalue weighted by atomic mass is 16.8. The van der Waals surface area contributed by atoms with E-state index >= 15 is 0 Å². The summed E-state index contributed by atoms with van der Waals surface area (Å²) in [5, 5.41) is 63.2. The van der Waals surface area contributed by atoms with E-state index in [1.54, 1.807) is 6.92 Å². The van der Waals surface area contributed by atoms with Crippen LogP contribution in [0.15, 0.2) is 0 Å². The van der Waals surface area contributed by atoms with Gasteiger partial charge in [-0.05, 0) is 26.2 Å². The summed E-state index contributed by atoms with van der Waals surface area (Å²) in [7, 11) is 0. The maximum atomic E-state index is 13.7. The first kappa shape index (κ1) is 38.3. The zero-order valence-corrected chi connectivity index (χ0v) is 27.6. The van der Waals surface area contributed by atoms with E-state index in [1.165, 1.54) is 12.8 Å². The maximum Gasteiger partial charge on any atom is 0.314 e. The molecule has 0 amide bonds. The molecule has 4 aliphatic rings. The van der Waals surface area contributed by atoms with Crippen molar-refractivity contribution in [3.05, 3.63) is 0 Å². The van der Waals surface area contributed by atoms with Crippen LogP contribution in [0.5, 0.6) is 0 Å². The molecule has 0 aliphatic carbocycles. The second kappa shape index (κ2) is 18.5. The number of carbonyl (C=O) groups is 2. The molecule has 4 fully saturated rings. The minimum atomic E-state index is -1.80. The molecule has 0 bridgehead atoms. The highest BCUT2D eigenvalue weighted by molar-refractivity contribution is 5.85. The van der Waals surface area contributed by atoms with E-state index in [4.69, 9.17) is 28.4 Å². The number of carbonyl (C=O) groups excluding carboxylic acids is 2. The van der Waals surface area contributed by atoms with E-state index < -0.39 is 105 Å². The summed E-state index contributed by atoms with van der Waals surface area (Å²) in [4.78, 5) is 26.2. The largest absolute Gasteiger partial charge is 0.461 e. The van der Waals surface area contributed by atoms with Crippen LogP contribution in [0.2, 0.25) is 0 Å². The van der Waals surface area contributed by atoms with Gasteiger partial charge in [0.05, 0.1) is 25.2 Å². The molecular weight excluding hydrogens is 620 g/mol. The quantitative estimate of drug-likeness (QED) is 0.224. The summed E-state index contributed by atoms with van der Waals surface area (Å²) in [6.07, 6.45) is -3.82. The summed E-state index contributed by atoms with van der Waals surface area (Å²) in [6.45, 7) is 2.07. The van der Waals surface area contributed by atoms with Gasteiger partial charge in [-0.3, -0.25) is 9.59 Å². The minimum Gasteiger partial charge on any atom is -0.461 e. The lowest BCUT2D eigenvalue weighted by Crippen LogP contribution is -2.65. The van der Waals surface area contributed by atoms with E-state index in [2.05, 4.69) is 0 Å². The van der Waals surface area contributed by atoms with E-state index in [0.717, 1.165) is 57.8 Å². The number of esters is 2. The molecular formula is C33H56O14. The van der Waals surface area contributed by atoms with Gasteiger partial charge in [-0.15, -0.1) is 0 Å². The van der Waals surface area contributed by atoms with Gasteiger partial charge in [0.15, 0.2) is 18.7 Å². The molecule has 14 heteroatoms. The molecule has 14 nitrogen and oxygen atoms in total. The fourth-order valence-corrected chi connectivity index (χ4v) is 7.03. The van der Waals surface area contributed by atoms with Gasteiger partial charge in [0.25, 0.3) is 0 Å². The number of aliphatic hydroxyl groups excluding tert-OH is 6. The highest BCUT2D eigenvalue weighted by Gasteiger charge is 2.54. The third-order valence-corrected chi connectivity index (χ3v) is 10.0. The van der Waals surface area contributed by atoms with Crippen molar-refractivity contribution >= 4 is 11.9 Å². The third-order valence-electron chi connectivity index (χ3n) is 10.0. The Kier molecular flexibility index (Phi) is 15.1. The molecule has 0 radical (unpaired) electrons. The molecule has 0 aromatic rings. The Morgan fingerprint density at radius 3 is 1.55 bits per heavy atom. The van der Waals surface area contributed by atoms with Crippen LogP contribution in [0.25, 0.3) is 0 Å². The van der Waals surface area contributed by atoms with Gasteiger partial charge in [0.2, 0.25) is 0 Å². The van der Waals surface area contributed by atoms with Crippen molar-refractivity contribution in [3.8, 4) is 0 Å². The summed E-state index contributed by atoms with van der Waals surface area (Å²) in [6, 6.07) is 0. The predicted molar refractivity (Wildman–Crippen MR) is 163 cm³/mol. The second-order valence-corrected chi connectivity index (χ2v) is 13.6. The number of hydrogen-bond acceptors (Lipinski definition) is 14. The van der Waals surface area contributed by atoms with Crippen LogP contribution >= 0.6 is 0 Å². The number of fused-ring (bicyclic) bond motifs is 3. The average Bonchev–Trinajstić information content (AvgIpc) is 3.33. The summed E-state index contributed by atoms with van der Waals surface area (Å²) < 4.78 is 35.0. The molecule has 4 heterocycles. The van der Waals surface area contributed by atoms with Crippen LogP contribution in [0.4, 0.5) is 0 Å². The first-order chi connectivity index (χ1) is 22.6. The summed E-state index contributed by atoms with van der Waals surface area (Å²) in [5.41, 5.74) is 0. The molecule has 14 atom stereocenters.